The standard InChI is InChI=1S/C17H21NOS/c1-2-11-18-17(16-4-3-12-20-16)13-5-7-14(8-6-13)19-15-9-10-15/h3-8,12,15,17-18H,2,9-11H2,1H3. The molecule has 1 aromatic heterocycles. The zero-order valence-electron chi connectivity index (χ0n) is 11.8. The van der Waals surface area contributed by atoms with E-state index in [0.29, 0.717) is 12.1 Å². The number of nitrogens with one attached hydrogen (secondary N) is 1. The Morgan fingerprint density at radius 3 is 2.65 bits per heavy atom. The lowest BCUT2D eigenvalue weighted by Gasteiger charge is -2.18. The van der Waals surface area contributed by atoms with Crippen LogP contribution in [0.2, 0.25) is 0 Å². The van der Waals surface area contributed by atoms with Gasteiger partial charge in [-0.1, -0.05) is 25.1 Å². The van der Waals surface area contributed by atoms with E-state index in [2.05, 4.69) is 54.0 Å². The van der Waals surface area contributed by atoms with Gasteiger partial charge in [0.1, 0.15) is 5.75 Å². The predicted molar refractivity (Wildman–Crippen MR) is 84.5 cm³/mol. The number of ether oxygens (including phenoxy) is 1. The number of rotatable bonds is 7. The monoisotopic (exact) mass is 287 g/mol. The summed E-state index contributed by atoms with van der Waals surface area (Å²) in [6.07, 6.45) is 4.02. The summed E-state index contributed by atoms with van der Waals surface area (Å²) in [6, 6.07) is 13.2. The van der Waals surface area contributed by atoms with Crippen molar-refractivity contribution in [2.75, 3.05) is 6.54 Å². The Balaban J connectivity index is 1.75. The van der Waals surface area contributed by atoms with Gasteiger partial charge >= 0.3 is 0 Å². The highest BCUT2D eigenvalue weighted by molar-refractivity contribution is 7.10. The molecular weight excluding hydrogens is 266 g/mol. The maximum Gasteiger partial charge on any atom is 0.119 e. The van der Waals surface area contributed by atoms with E-state index in [1.165, 1.54) is 23.3 Å². The summed E-state index contributed by atoms with van der Waals surface area (Å²) in [4.78, 5) is 1.37. The van der Waals surface area contributed by atoms with Crippen LogP contribution in [0.25, 0.3) is 0 Å². The van der Waals surface area contributed by atoms with Gasteiger partial charge in [0.15, 0.2) is 0 Å². The molecule has 1 heterocycles. The van der Waals surface area contributed by atoms with E-state index in [4.69, 9.17) is 4.74 Å². The number of hydrogen-bond acceptors (Lipinski definition) is 3. The molecule has 1 aliphatic carbocycles. The molecule has 2 nitrogen and oxygen atoms in total. The molecule has 1 atom stereocenters. The predicted octanol–water partition coefficient (Wildman–Crippen LogP) is 4.38. The summed E-state index contributed by atoms with van der Waals surface area (Å²) in [5.41, 5.74) is 1.31. The molecule has 0 spiro atoms. The molecule has 20 heavy (non-hydrogen) atoms. The maximum absolute atomic E-state index is 5.81. The fourth-order valence-corrected chi connectivity index (χ4v) is 3.07. The van der Waals surface area contributed by atoms with Crippen LogP contribution in [-0.2, 0) is 0 Å². The second kappa shape index (κ2) is 6.42. The van der Waals surface area contributed by atoms with Gasteiger partial charge < -0.3 is 10.1 Å². The highest BCUT2D eigenvalue weighted by Gasteiger charge is 2.23. The second-order valence-electron chi connectivity index (χ2n) is 5.29. The van der Waals surface area contributed by atoms with Crippen molar-refractivity contribution in [3.8, 4) is 5.75 Å². The van der Waals surface area contributed by atoms with Crippen LogP contribution in [0, 0.1) is 0 Å². The topological polar surface area (TPSA) is 21.3 Å². The van der Waals surface area contributed by atoms with Crippen molar-refractivity contribution < 1.29 is 4.74 Å². The minimum Gasteiger partial charge on any atom is -0.490 e. The van der Waals surface area contributed by atoms with E-state index < -0.39 is 0 Å². The molecule has 0 bridgehead atoms. The molecule has 1 aromatic carbocycles. The van der Waals surface area contributed by atoms with E-state index >= 15 is 0 Å². The van der Waals surface area contributed by atoms with Crippen LogP contribution < -0.4 is 10.1 Å². The van der Waals surface area contributed by atoms with E-state index in [1.54, 1.807) is 0 Å². The first-order chi connectivity index (χ1) is 9.86. The fourth-order valence-electron chi connectivity index (χ4n) is 2.24. The summed E-state index contributed by atoms with van der Waals surface area (Å²) in [6.45, 7) is 3.23. The van der Waals surface area contributed by atoms with Crippen molar-refractivity contribution in [3.05, 3.63) is 52.2 Å². The van der Waals surface area contributed by atoms with Crippen molar-refractivity contribution in [1.29, 1.82) is 0 Å². The summed E-state index contributed by atoms with van der Waals surface area (Å²) in [5.74, 6) is 0.997. The van der Waals surface area contributed by atoms with Crippen LogP contribution in [0.3, 0.4) is 0 Å². The van der Waals surface area contributed by atoms with E-state index in [0.717, 1.165) is 18.7 Å². The molecule has 3 heteroatoms. The third kappa shape index (κ3) is 3.41. The molecule has 1 saturated carbocycles. The normalized spacial score (nSPS) is 16.1. The smallest absolute Gasteiger partial charge is 0.119 e. The molecule has 0 amide bonds. The molecule has 1 fully saturated rings. The minimum absolute atomic E-state index is 0.296. The van der Waals surface area contributed by atoms with Crippen molar-refractivity contribution in [2.24, 2.45) is 0 Å². The first-order valence-electron chi connectivity index (χ1n) is 7.40. The van der Waals surface area contributed by atoms with E-state index in [1.807, 2.05) is 11.3 Å². The maximum atomic E-state index is 5.81. The first-order valence-corrected chi connectivity index (χ1v) is 8.28. The van der Waals surface area contributed by atoms with Crippen LogP contribution in [0.4, 0.5) is 0 Å². The van der Waals surface area contributed by atoms with Crippen LogP contribution in [0.1, 0.15) is 42.7 Å². The molecule has 106 valence electrons. The Morgan fingerprint density at radius 1 is 1.25 bits per heavy atom. The third-order valence-electron chi connectivity index (χ3n) is 3.47. The molecule has 1 aliphatic rings. The quantitative estimate of drug-likeness (QED) is 0.816. The highest BCUT2D eigenvalue weighted by atomic mass is 32.1. The van der Waals surface area contributed by atoms with Gasteiger partial charge in [0.2, 0.25) is 0 Å². The Kier molecular flexibility index (Phi) is 4.38. The van der Waals surface area contributed by atoms with Gasteiger partial charge in [0.05, 0.1) is 12.1 Å². The van der Waals surface area contributed by atoms with E-state index in [9.17, 15) is 0 Å². The van der Waals surface area contributed by atoms with Gasteiger partial charge in [0.25, 0.3) is 0 Å². The Hall–Kier alpha value is -1.32. The van der Waals surface area contributed by atoms with Gasteiger partial charge in [-0.25, -0.2) is 0 Å². The number of thiophene rings is 1. The molecule has 1 unspecified atom stereocenters. The largest absolute Gasteiger partial charge is 0.490 e. The van der Waals surface area contributed by atoms with Crippen molar-refractivity contribution in [3.63, 3.8) is 0 Å². The highest BCUT2D eigenvalue weighted by Crippen LogP contribution is 2.30. The van der Waals surface area contributed by atoms with Gasteiger partial charge in [0, 0.05) is 4.88 Å². The average Bonchev–Trinajstić information content (AvgIpc) is 3.12. The van der Waals surface area contributed by atoms with Gasteiger partial charge in [-0.15, -0.1) is 11.3 Å². The van der Waals surface area contributed by atoms with Crippen LogP contribution >= 0.6 is 11.3 Å². The lowest BCUT2D eigenvalue weighted by atomic mass is 10.1. The summed E-state index contributed by atoms with van der Waals surface area (Å²) < 4.78 is 5.81. The van der Waals surface area contributed by atoms with Gasteiger partial charge in [-0.2, -0.15) is 0 Å². The molecule has 2 aromatic rings. The summed E-state index contributed by atoms with van der Waals surface area (Å²) >= 11 is 1.81. The van der Waals surface area contributed by atoms with Crippen LogP contribution in [0.5, 0.6) is 5.75 Å². The molecule has 0 aliphatic heterocycles. The zero-order valence-corrected chi connectivity index (χ0v) is 12.7. The number of benzene rings is 1. The lowest BCUT2D eigenvalue weighted by Crippen LogP contribution is -2.22. The van der Waals surface area contributed by atoms with Crippen molar-refractivity contribution in [2.45, 2.75) is 38.3 Å². The molecule has 0 radical (unpaired) electrons. The Bertz CT molecular complexity index is 516. The van der Waals surface area contributed by atoms with Gasteiger partial charge in [-0.3, -0.25) is 0 Å². The molecule has 0 saturated heterocycles. The van der Waals surface area contributed by atoms with E-state index in [-0.39, 0.29) is 0 Å². The number of hydrogen-bond donors (Lipinski definition) is 1. The van der Waals surface area contributed by atoms with Gasteiger partial charge in [-0.05, 0) is 54.9 Å². The van der Waals surface area contributed by atoms with Crippen LogP contribution in [0.15, 0.2) is 41.8 Å². The fraction of sp³-hybridized carbons (Fsp3) is 0.412. The molecule has 3 rings (SSSR count). The summed E-state index contributed by atoms with van der Waals surface area (Å²) in [7, 11) is 0. The second-order valence-corrected chi connectivity index (χ2v) is 6.27. The average molecular weight is 287 g/mol. The zero-order chi connectivity index (χ0) is 13.8. The lowest BCUT2D eigenvalue weighted by molar-refractivity contribution is 0.303. The molecular formula is C17H21NOS. The van der Waals surface area contributed by atoms with Crippen LogP contribution in [-0.4, -0.2) is 12.6 Å². The third-order valence-corrected chi connectivity index (χ3v) is 4.40. The van der Waals surface area contributed by atoms with Crippen molar-refractivity contribution in [1.82, 2.24) is 5.32 Å². The SMILES string of the molecule is CCCNC(c1ccc(OC2CC2)cc1)c1cccs1. The summed E-state index contributed by atoms with van der Waals surface area (Å²) in [5, 5.41) is 5.77. The van der Waals surface area contributed by atoms with Crippen molar-refractivity contribution >= 4 is 11.3 Å². The Labute approximate surface area is 124 Å². The minimum atomic E-state index is 0.296. The Morgan fingerprint density at radius 2 is 2.05 bits per heavy atom. The first kappa shape index (κ1) is 13.7. The molecule has 1 N–H and O–H groups in total.